The van der Waals surface area contributed by atoms with E-state index in [9.17, 15) is 10.1 Å². The van der Waals surface area contributed by atoms with E-state index in [1.165, 1.54) is 5.56 Å². The number of aromatic nitrogens is 1. The minimum atomic E-state index is -0.190. The van der Waals surface area contributed by atoms with Crippen LogP contribution in [-0.4, -0.2) is 31.2 Å². The maximum atomic E-state index is 13.2. The number of aromatic amines is 1. The summed E-state index contributed by atoms with van der Waals surface area (Å²) < 4.78 is 8.08. The van der Waals surface area contributed by atoms with E-state index in [-0.39, 0.29) is 10.8 Å². The van der Waals surface area contributed by atoms with Crippen LogP contribution < -0.4 is 20.3 Å². The zero-order valence-corrected chi connectivity index (χ0v) is 17.9. The Morgan fingerprint density at radius 1 is 1.10 bits per heavy atom. The van der Waals surface area contributed by atoms with Crippen molar-refractivity contribution < 1.29 is 4.42 Å². The monoisotopic (exact) mass is 393 g/mol. The summed E-state index contributed by atoms with van der Waals surface area (Å²) in [5.41, 5.74) is 4.16. The van der Waals surface area contributed by atoms with E-state index in [4.69, 9.17) is 4.42 Å². The van der Waals surface area contributed by atoms with Crippen molar-refractivity contribution in [2.45, 2.75) is 41.0 Å². The minimum Gasteiger partial charge on any atom is -0.448 e. The highest BCUT2D eigenvalue weighted by atomic mass is 16.3. The molecule has 1 aromatic rings. The fourth-order valence-electron chi connectivity index (χ4n) is 3.92. The average Bonchev–Trinajstić information content (AvgIpc) is 2.75. The van der Waals surface area contributed by atoms with E-state index >= 15 is 0 Å². The van der Waals surface area contributed by atoms with E-state index < -0.39 is 0 Å². The van der Waals surface area contributed by atoms with Gasteiger partial charge in [-0.25, -0.2) is 4.58 Å². The van der Waals surface area contributed by atoms with Crippen LogP contribution in [-0.2, 0) is 6.42 Å². The Hall–Kier alpha value is -3.07. The van der Waals surface area contributed by atoms with Gasteiger partial charge >= 0.3 is 0 Å². The van der Waals surface area contributed by atoms with Crippen LogP contribution in [0.3, 0.4) is 0 Å². The summed E-state index contributed by atoms with van der Waals surface area (Å²) in [7, 11) is 0. The molecule has 3 rings (SSSR count). The standard InChI is InChI=1S/C23H28N4O2/c1-6-15-11-17-20(13-18(15)26(7-2)8-3)29-23-21(25-17)16(14-24)12-19(22(23)28)27(9-4)10-5/h11-13H,6-10H2,1-5H3/p+1. The predicted octanol–water partition coefficient (Wildman–Crippen LogP) is 2.94. The molecular formula is C23H29N4O2+. The molecule has 2 aliphatic rings. The Bertz CT molecular complexity index is 1270. The molecule has 152 valence electrons. The lowest BCUT2D eigenvalue weighted by Gasteiger charge is -2.24. The Morgan fingerprint density at radius 3 is 2.34 bits per heavy atom. The molecule has 1 aliphatic carbocycles. The first-order valence-corrected chi connectivity index (χ1v) is 10.4. The average molecular weight is 394 g/mol. The zero-order chi connectivity index (χ0) is 21.1. The largest absolute Gasteiger partial charge is 0.448 e. The Balaban J connectivity index is 2.50. The summed E-state index contributed by atoms with van der Waals surface area (Å²) >= 11 is 0. The normalized spacial score (nSPS) is 11.0. The molecule has 0 saturated heterocycles. The van der Waals surface area contributed by atoms with Gasteiger partial charge in [0.25, 0.3) is 10.8 Å². The number of aryl methyl sites for hydroxylation is 1. The zero-order valence-electron chi connectivity index (χ0n) is 17.9. The second-order valence-corrected chi connectivity index (χ2v) is 6.99. The fraction of sp³-hybridized carbons (Fsp3) is 0.435. The van der Waals surface area contributed by atoms with Crippen molar-refractivity contribution in [2.75, 3.05) is 31.1 Å². The van der Waals surface area contributed by atoms with Gasteiger partial charge in [0.15, 0.2) is 5.58 Å². The molecule has 1 aliphatic heterocycles. The number of hydrogen-bond donors (Lipinski definition) is 1. The Kier molecular flexibility index (Phi) is 6.07. The first-order valence-electron chi connectivity index (χ1n) is 10.4. The molecule has 0 unspecified atom stereocenters. The number of fused-ring (bicyclic) bond motifs is 1. The topological polar surface area (TPSA) is 76.0 Å². The molecule has 0 spiro atoms. The van der Waals surface area contributed by atoms with Gasteiger partial charge in [0.2, 0.25) is 5.42 Å². The number of hydrogen-bond acceptors (Lipinski definition) is 4. The van der Waals surface area contributed by atoms with E-state index in [1.54, 1.807) is 6.07 Å². The first-order chi connectivity index (χ1) is 14.0. The van der Waals surface area contributed by atoms with Crippen LogP contribution >= 0.6 is 0 Å². The van der Waals surface area contributed by atoms with Crippen LogP contribution in [0.15, 0.2) is 27.4 Å². The number of rotatable bonds is 6. The number of nitriles is 1. The van der Waals surface area contributed by atoms with Gasteiger partial charge in [-0.2, -0.15) is 5.26 Å². The van der Waals surface area contributed by atoms with Gasteiger partial charge in [-0.3, -0.25) is 4.79 Å². The summed E-state index contributed by atoms with van der Waals surface area (Å²) in [4.78, 5) is 18.8. The van der Waals surface area contributed by atoms with Crippen LogP contribution in [0.5, 0.6) is 0 Å². The molecular weight excluding hydrogens is 364 g/mol. The lowest BCUT2D eigenvalue weighted by molar-refractivity contribution is 0.546. The second-order valence-electron chi connectivity index (χ2n) is 6.99. The maximum Gasteiger partial charge on any atom is 0.293 e. The molecule has 0 aromatic heterocycles. The van der Waals surface area contributed by atoms with E-state index in [2.05, 4.69) is 42.8 Å². The van der Waals surface area contributed by atoms with Crippen molar-refractivity contribution in [3.05, 3.63) is 55.7 Å². The highest BCUT2D eigenvalue weighted by Crippen LogP contribution is 2.27. The van der Waals surface area contributed by atoms with E-state index in [1.807, 2.05) is 24.5 Å². The summed E-state index contributed by atoms with van der Waals surface area (Å²) in [6, 6.07) is 7.96. The second kappa shape index (κ2) is 8.52. The van der Waals surface area contributed by atoms with Crippen molar-refractivity contribution in [3.63, 3.8) is 0 Å². The predicted molar refractivity (Wildman–Crippen MR) is 116 cm³/mol. The van der Waals surface area contributed by atoms with Crippen LogP contribution in [0.2, 0.25) is 0 Å². The van der Waals surface area contributed by atoms with Crippen LogP contribution in [0.25, 0.3) is 11.1 Å². The quantitative estimate of drug-likeness (QED) is 0.654. The van der Waals surface area contributed by atoms with Crippen LogP contribution in [0, 0.1) is 22.1 Å². The van der Waals surface area contributed by atoms with Crippen molar-refractivity contribution >= 4 is 16.8 Å². The molecule has 0 amide bonds. The lowest BCUT2D eigenvalue weighted by Crippen LogP contribution is -2.41. The highest BCUT2D eigenvalue weighted by molar-refractivity contribution is 5.79. The maximum absolute atomic E-state index is 13.2. The SMILES string of the molecule is CCc1cc2[nH]c3c(C#N)cc(=[N+](CC)CC)c(=O)c=3oc2cc1N(CC)CC. The summed E-state index contributed by atoms with van der Waals surface area (Å²) in [6.07, 6.45) is 0.881. The number of H-pyrrole nitrogens is 1. The molecule has 0 bridgehead atoms. The van der Waals surface area contributed by atoms with Crippen LogP contribution in [0.1, 0.15) is 45.7 Å². The number of benzene rings is 1. The molecule has 0 fully saturated rings. The first kappa shape index (κ1) is 20.7. The summed E-state index contributed by atoms with van der Waals surface area (Å²) in [5.74, 6) is 0. The van der Waals surface area contributed by atoms with Gasteiger partial charge in [-0.15, -0.1) is 0 Å². The molecule has 1 N–H and O–H groups in total. The van der Waals surface area contributed by atoms with Gasteiger partial charge in [-0.1, -0.05) is 6.92 Å². The fourth-order valence-corrected chi connectivity index (χ4v) is 3.92. The molecule has 1 aromatic carbocycles. The van der Waals surface area contributed by atoms with Gasteiger partial charge < -0.3 is 14.3 Å². The molecule has 29 heavy (non-hydrogen) atoms. The third-order valence-electron chi connectivity index (χ3n) is 5.58. The van der Waals surface area contributed by atoms with Gasteiger partial charge in [0.05, 0.1) is 11.1 Å². The summed E-state index contributed by atoms with van der Waals surface area (Å²) in [6.45, 7) is 13.5. The third kappa shape index (κ3) is 3.53. The van der Waals surface area contributed by atoms with Crippen LogP contribution in [0.4, 0.5) is 5.69 Å². The molecule has 6 heteroatoms. The Labute approximate surface area is 170 Å². The molecule has 6 nitrogen and oxygen atoms in total. The van der Waals surface area contributed by atoms with Crippen molar-refractivity contribution in [1.82, 2.24) is 9.56 Å². The van der Waals surface area contributed by atoms with Crippen molar-refractivity contribution in [1.29, 1.82) is 5.26 Å². The molecule has 0 atom stereocenters. The minimum absolute atomic E-state index is 0.190. The molecule has 0 radical (unpaired) electrons. The van der Waals surface area contributed by atoms with Gasteiger partial charge in [0.1, 0.15) is 24.5 Å². The Morgan fingerprint density at radius 2 is 1.79 bits per heavy atom. The number of nitrogens with one attached hydrogen (secondary N) is 1. The van der Waals surface area contributed by atoms with Crippen molar-refractivity contribution in [2.24, 2.45) is 0 Å². The molecule has 0 saturated carbocycles. The van der Waals surface area contributed by atoms with Gasteiger partial charge in [0, 0.05) is 30.9 Å². The van der Waals surface area contributed by atoms with E-state index in [0.717, 1.165) is 30.7 Å². The lowest BCUT2D eigenvalue weighted by atomic mass is 10.1. The number of nitrogens with zero attached hydrogens (tertiary/aromatic N) is 3. The van der Waals surface area contributed by atoms with E-state index in [0.29, 0.717) is 34.9 Å². The smallest absolute Gasteiger partial charge is 0.293 e. The highest BCUT2D eigenvalue weighted by Gasteiger charge is 2.16. The molecule has 1 heterocycles. The van der Waals surface area contributed by atoms with Crippen molar-refractivity contribution in [3.8, 4) is 6.07 Å². The van der Waals surface area contributed by atoms with Gasteiger partial charge in [-0.05, 0) is 45.7 Å². The summed E-state index contributed by atoms with van der Waals surface area (Å²) in [5, 5.41) is 10.7. The third-order valence-corrected chi connectivity index (χ3v) is 5.58. The number of anilines is 1.